The standard InChI is InChI=1S/C27H16ClN3O3/c28-18-10-11-20-21(26(32)29-23(20)14-18)13-17-15-31(19-7-2-1-3-8-19)30-25(17)22-12-16-6-4-5-9-24(16)34-27(22)33/h1-15H,(H,29,32). The van der Waals surface area contributed by atoms with Crippen molar-refractivity contribution >= 4 is 45.8 Å². The van der Waals surface area contributed by atoms with Gasteiger partial charge in [0.25, 0.3) is 5.91 Å². The zero-order valence-corrected chi connectivity index (χ0v) is 18.4. The fourth-order valence-corrected chi connectivity index (χ4v) is 4.28. The second kappa shape index (κ2) is 7.86. The monoisotopic (exact) mass is 465 g/mol. The van der Waals surface area contributed by atoms with Gasteiger partial charge in [0.1, 0.15) is 11.3 Å². The zero-order valence-electron chi connectivity index (χ0n) is 17.7. The van der Waals surface area contributed by atoms with Crippen molar-refractivity contribution < 1.29 is 9.21 Å². The molecule has 0 saturated carbocycles. The zero-order chi connectivity index (χ0) is 23.2. The van der Waals surface area contributed by atoms with Gasteiger partial charge < -0.3 is 9.73 Å². The van der Waals surface area contributed by atoms with Crippen LogP contribution in [-0.2, 0) is 4.79 Å². The van der Waals surface area contributed by atoms with Crippen LogP contribution in [-0.4, -0.2) is 15.7 Å². The molecule has 0 bridgehead atoms. The minimum absolute atomic E-state index is 0.249. The van der Waals surface area contributed by atoms with Crippen molar-refractivity contribution in [2.24, 2.45) is 0 Å². The van der Waals surface area contributed by atoms with E-state index in [-0.39, 0.29) is 5.91 Å². The summed E-state index contributed by atoms with van der Waals surface area (Å²) in [5.41, 5.74) is 4.01. The van der Waals surface area contributed by atoms with Crippen LogP contribution in [0.2, 0.25) is 5.02 Å². The van der Waals surface area contributed by atoms with Crippen LogP contribution in [0.3, 0.4) is 0 Å². The van der Waals surface area contributed by atoms with E-state index in [1.807, 2.05) is 48.5 Å². The SMILES string of the molecule is O=C1Nc2cc(Cl)ccc2C1=Cc1cn(-c2ccccc2)nc1-c1cc2ccccc2oc1=O. The van der Waals surface area contributed by atoms with Crippen LogP contribution in [0, 0.1) is 0 Å². The number of para-hydroxylation sites is 2. The van der Waals surface area contributed by atoms with Crippen LogP contribution in [0.5, 0.6) is 0 Å². The van der Waals surface area contributed by atoms with Crippen molar-refractivity contribution in [3.05, 3.63) is 112 Å². The van der Waals surface area contributed by atoms with Gasteiger partial charge in [-0.15, -0.1) is 0 Å². The minimum atomic E-state index is -0.500. The molecule has 6 nitrogen and oxygen atoms in total. The number of fused-ring (bicyclic) bond motifs is 2. The molecule has 2 aromatic heterocycles. The van der Waals surface area contributed by atoms with Gasteiger partial charge >= 0.3 is 5.63 Å². The summed E-state index contributed by atoms with van der Waals surface area (Å²) in [5, 5.41) is 8.87. The maximum Gasteiger partial charge on any atom is 0.345 e. The molecule has 0 radical (unpaired) electrons. The molecule has 3 aromatic carbocycles. The van der Waals surface area contributed by atoms with Crippen LogP contribution in [0.4, 0.5) is 5.69 Å². The molecule has 1 amide bonds. The number of nitrogens with zero attached hydrogens (tertiary/aromatic N) is 2. The average Bonchev–Trinajstić information content (AvgIpc) is 3.40. The minimum Gasteiger partial charge on any atom is -0.422 e. The highest BCUT2D eigenvalue weighted by molar-refractivity contribution is 6.36. The van der Waals surface area contributed by atoms with Crippen LogP contribution in [0.15, 0.2) is 94.3 Å². The third-order valence-corrected chi connectivity index (χ3v) is 5.96. The van der Waals surface area contributed by atoms with E-state index in [2.05, 4.69) is 5.32 Å². The van der Waals surface area contributed by atoms with Gasteiger partial charge in [0.05, 0.1) is 16.9 Å². The van der Waals surface area contributed by atoms with Gasteiger partial charge in [0.2, 0.25) is 0 Å². The summed E-state index contributed by atoms with van der Waals surface area (Å²) in [7, 11) is 0. The number of benzene rings is 3. The topological polar surface area (TPSA) is 77.1 Å². The molecule has 7 heteroatoms. The largest absolute Gasteiger partial charge is 0.422 e. The van der Waals surface area contributed by atoms with E-state index in [4.69, 9.17) is 21.1 Å². The second-order valence-electron chi connectivity index (χ2n) is 7.90. The van der Waals surface area contributed by atoms with Gasteiger partial charge in [-0.05, 0) is 42.5 Å². The molecule has 164 valence electrons. The van der Waals surface area contributed by atoms with Crippen molar-refractivity contribution in [3.63, 3.8) is 0 Å². The Morgan fingerprint density at radius 3 is 2.56 bits per heavy atom. The quantitative estimate of drug-likeness (QED) is 0.270. The van der Waals surface area contributed by atoms with Crippen LogP contribution in [0.25, 0.3) is 39.6 Å². The summed E-state index contributed by atoms with van der Waals surface area (Å²) in [4.78, 5) is 25.7. The predicted octanol–water partition coefficient (Wildman–Crippen LogP) is 5.79. The molecule has 0 unspecified atom stereocenters. The Kier molecular flexibility index (Phi) is 4.67. The Labute approximate surface area is 198 Å². The molecular weight excluding hydrogens is 450 g/mol. The Morgan fingerprint density at radius 2 is 1.71 bits per heavy atom. The summed E-state index contributed by atoms with van der Waals surface area (Å²) in [5.74, 6) is -0.249. The maximum atomic E-state index is 12.9. The van der Waals surface area contributed by atoms with E-state index in [1.54, 1.807) is 47.3 Å². The van der Waals surface area contributed by atoms with Crippen LogP contribution in [0.1, 0.15) is 11.1 Å². The highest BCUT2D eigenvalue weighted by Crippen LogP contribution is 2.36. The number of hydrogen-bond donors (Lipinski definition) is 1. The molecule has 1 aliphatic heterocycles. The molecule has 1 N–H and O–H groups in total. The first kappa shape index (κ1) is 20.2. The number of carbonyl (C=O) groups is 1. The average molecular weight is 466 g/mol. The third kappa shape index (κ3) is 3.41. The summed E-state index contributed by atoms with van der Waals surface area (Å²) < 4.78 is 7.24. The lowest BCUT2D eigenvalue weighted by Crippen LogP contribution is -2.05. The molecule has 3 heterocycles. The molecule has 1 aliphatic rings. The fraction of sp³-hybridized carbons (Fsp3) is 0. The van der Waals surface area contributed by atoms with E-state index in [9.17, 15) is 9.59 Å². The number of halogens is 1. The van der Waals surface area contributed by atoms with Crippen molar-refractivity contribution in [1.82, 2.24) is 9.78 Å². The van der Waals surface area contributed by atoms with Gasteiger partial charge in [0.15, 0.2) is 0 Å². The molecule has 34 heavy (non-hydrogen) atoms. The van der Waals surface area contributed by atoms with Crippen molar-refractivity contribution in [1.29, 1.82) is 0 Å². The number of nitrogens with one attached hydrogen (secondary N) is 1. The maximum absolute atomic E-state index is 12.9. The Balaban J connectivity index is 1.58. The highest BCUT2D eigenvalue weighted by atomic mass is 35.5. The van der Waals surface area contributed by atoms with Crippen molar-refractivity contribution in [2.45, 2.75) is 0 Å². The van der Waals surface area contributed by atoms with E-state index in [0.29, 0.717) is 38.7 Å². The molecule has 0 fully saturated rings. The number of aromatic nitrogens is 2. The van der Waals surface area contributed by atoms with Gasteiger partial charge in [-0.3, -0.25) is 4.79 Å². The molecule has 0 atom stereocenters. The lowest BCUT2D eigenvalue weighted by atomic mass is 10.0. The van der Waals surface area contributed by atoms with E-state index in [0.717, 1.165) is 16.6 Å². The smallest absolute Gasteiger partial charge is 0.345 e. The number of rotatable bonds is 3. The number of anilines is 1. The molecule has 0 saturated heterocycles. The molecule has 0 spiro atoms. The van der Waals surface area contributed by atoms with Gasteiger partial charge in [0, 0.05) is 33.3 Å². The van der Waals surface area contributed by atoms with E-state index >= 15 is 0 Å². The normalized spacial score (nSPS) is 13.9. The fourth-order valence-electron chi connectivity index (χ4n) is 4.11. The summed E-state index contributed by atoms with van der Waals surface area (Å²) in [6.07, 6.45) is 3.54. The Bertz CT molecular complexity index is 1680. The van der Waals surface area contributed by atoms with Gasteiger partial charge in [-0.25, -0.2) is 9.48 Å². The second-order valence-corrected chi connectivity index (χ2v) is 8.34. The Morgan fingerprint density at radius 1 is 0.912 bits per heavy atom. The lowest BCUT2D eigenvalue weighted by molar-refractivity contribution is -0.110. The van der Waals surface area contributed by atoms with Gasteiger partial charge in [-0.2, -0.15) is 5.10 Å². The lowest BCUT2D eigenvalue weighted by Gasteiger charge is -2.02. The number of amides is 1. The summed E-state index contributed by atoms with van der Waals surface area (Å²) in [6.45, 7) is 0. The molecule has 0 aliphatic carbocycles. The molecule has 5 aromatic rings. The summed E-state index contributed by atoms with van der Waals surface area (Å²) >= 11 is 6.09. The first-order valence-corrected chi connectivity index (χ1v) is 11.0. The van der Waals surface area contributed by atoms with Crippen molar-refractivity contribution in [2.75, 3.05) is 5.32 Å². The highest BCUT2D eigenvalue weighted by Gasteiger charge is 2.26. The first-order valence-electron chi connectivity index (χ1n) is 10.6. The first-order chi connectivity index (χ1) is 16.6. The van der Waals surface area contributed by atoms with E-state index < -0.39 is 5.63 Å². The third-order valence-electron chi connectivity index (χ3n) is 5.72. The molecule has 6 rings (SSSR count). The summed E-state index contributed by atoms with van der Waals surface area (Å²) in [6, 6.07) is 23.9. The Hall–Kier alpha value is -4.42. The van der Waals surface area contributed by atoms with Crippen LogP contribution < -0.4 is 10.9 Å². The van der Waals surface area contributed by atoms with Crippen LogP contribution >= 0.6 is 11.6 Å². The number of hydrogen-bond acceptors (Lipinski definition) is 4. The predicted molar refractivity (Wildman–Crippen MR) is 133 cm³/mol. The van der Waals surface area contributed by atoms with Crippen molar-refractivity contribution in [3.8, 4) is 16.9 Å². The molecular formula is C27H16ClN3O3. The van der Waals surface area contributed by atoms with Gasteiger partial charge in [-0.1, -0.05) is 54.1 Å². The van der Waals surface area contributed by atoms with E-state index in [1.165, 1.54) is 0 Å². The number of carbonyl (C=O) groups excluding carboxylic acids is 1.